The molecule has 19 heavy (non-hydrogen) atoms. The number of nitrogens with zero attached hydrogens (tertiary/aromatic N) is 1. The first kappa shape index (κ1) is 15.4. The van der Waals surface area contributed by atoms with E-state index in [1.165, 1.54) is 0 Å². The average Bonchev–Trinajstić information content (AvgIpc) is 2.35. The molecule has 1 unspecified atom stereocenters. The van der Waals surface area contributed by atoms with Crippen molar-refractivity contribution in [2.24, 2.45) is 5.41 Å². The van der Waals surface area contributed by atoms with Gasteiger partial charge < -0.3 is 15.7 Å². The third kappa shape index (κ3) is 4.87. The number of rotatable bonds is 5. The van der Waals surface area contributed by atoms with Crippen LogP contribution < -0.4 is 10.6 Å². The van der Waals surface area contributed by atoms with Crippen molar-refractivity contribution >= 4 is 11.6 Å². The predicted molar refractivity (Wildman–Crippen MR) is 76.2 cm³/mol. The molecule has 1 atom stereocenters. The van der Waals surface area contributed by atoms with Crippen LogP contribution in [0.5, 0.6) is 0 Å². The number of aliphatic hydroxyl groups excluding tert-OH is 1. The van der Waals surface area contributed by atoms with Crippen LogP contribution in [0.3, 0.4) is 0 Å². The van der Waals surface area contributed by atoms with E-state index < -0.39 is 6.10 Å². The molecule has 1 amide bonds. The molecule has 5 nitrogen and oxygen atoms in total. The third-order valence-corrected chi connectivity index (χ3v) is 2.83. The lowest BCUT2D eigenvalue weighted by Gasteiger charge is -2.26. The Labute approximate surface area is 114 Å². The summed E-state index contributed by atoms with van der Waals surface area (Å²) in [4.78, 5) is 15.7. The quantitative estimate of drug-likeness (QED) is 0.757. The van der Waals surface area contributed by atoms with E-state index in [4.69, 9.17) is 0 Å². The maximum absolute atomic E-state index is 11.6. The molecule has 0 spiro atoms. The van der Waals surface area contributed by atoms with E-state index in [1.807, 2.05) is 27.7 Å². The second kappa shape index (κ2) is 6.52. The highest BCUT2D eigenvalue weighted by Crippen LogP contribution is 2.19. The van der Waals surface area contributed by atoms with Gasteiger partial charge in [-0.25, -0.2) is 0 Å². The zero-order valence-corrected chi connectivity index (χ0v) is 12.0. The van der Waals surface area contributed by atoms with E-state index in [9.17, 15) is 9.90 Å². The molecule has 0 aliphatic heterocycles. The molecule has 1 heterocycles. The van der Waals surface area contributed by atoms with Crippen LogP contribution in [0.2, 0.25) is 0 Å². The smallest absolute Gasteiger partial charge is 0.269 e. The third-order valence-electron chi connectivity index (χ3n) is 2.83. The molecule has 0 bridgehead atoms. The standard InChI is InChI=1S/C14H23N3O2/c1-5-15-13(19)11-8-10(6-7-16-11)17-9-12(18)14(2,3)4/h6-8,12,18H,5,9H2,1-4H3,(H,15,19)(H,16,17). The Bertz CT molecular complexity index is 427. The average molecular weight is 265 g/mol. The molecule has 3 N–H and O–H groups in total. The molecule has 0 radical (unpaired) electrons. The largest absolute Gasteiger partial charge is 0.391 e. The molecule has 0 aliphatic carbocycles. The number of amides is 1. The second-order valence-electron chi connectivity index (χ2n) is 5.55. The molecule has 0 fully saturated rings. The van der Waals surface area contributed by atoms with Gasteiger partial charge in [-0.3, -0.25) is 9.78 Å². The molecule has 0 aliphatic rings. The van der Waals surface area contributed by atoms with Gasteiger partial charge in [0.1, 0.15) is 5.69 Å². The number of anilines is 1. The summed E-state index contributed by atoms with van der Waals surface area (Å²) in [7, 11) is 0. The van der Waals surface area contributed by atoms with Gasteiger partial charge in [-0.15, -0.1) is 0 Å². The van der Waals surface area contributed by atoms with Crippen molar-refractivity contribution in [3.05, 3.63) is 24.0 Å². The van der Waals surface area contributed by atoms with Crippen LogP contribution >= 0.6 is 0 Å². The Kier molecular flexibility index (Phi) is 5.30. The lowest BCUT2D eigenvalue weighted by Crippen LogP contribution is -2.33. The van der Waals surface area contributed by atoms with Gasteiger partial charge in [0, 0.05) is 25.0 Å². The summed E-state index contributed by atoms with van der Waals surface area (Å²) >= 11 is 0. The lowest BCUT2D eigenvalue weighted by molar-refractivity contribution is 0.0746. The molecule has 0 aromatic carbocycles. The molecule has 0 saturated carbocycles. The zero-order chi connectivity index (χ0) is 14.5. The van der Waals surface area contributed by atoms with Crippen LogP contribution in [0, 0.1) is 5.41 Å². The van der Waals surface area contributed by atoms with Crippen LogP contribution in [-0.4, -0.2) is 35.2 Å². The van der Waals surface area contributed by atoms with Gasteiger partial charge >= 0.3 is 0 Å². The van der Waals surface area contributed by atoms with E-state index in [-0.39, 0.29) is 11.3 Å². The topological polar surface area (TPSA) is 74.2 Å². The summed E-state index contributed by atoms with van der Waals surface area (Å²) in [5.41, 5.74) is 0.972. The fraction of sp³-hybridized carbons (Fsp3) is 0.571. The number of hydrogen-bond acceptors (Lipinski definition) is 4. The Morgan fingerprint density at radius 2 is 2.16 bits per heavy atom. The van der Waals surface area contributed by atoms with Gasteiger partial charge in [-0.1, -0.05) is 20.8 Å². The maximum Gasteiger partial charge on any atom is 0.269 e. The summed E-state index contributed by atoms with van der Waals surface area (Å²) < 4.78 is 0. The Balaban J connectivity index is 2.65. The van der Waals surface area contributed by atoms with Crippen LogP contribution in [0.25, 0.3) is 0 Å². The van der Waals surface area contributed by atoms with Crippen molar-refractivity contribution in [3.8, 4) is 0 Å². The molecule has 5 heteroatoms. The normalized spacial score (nSPS) is 12.9. The Morgan fingerprint density at radius 3 is 2.74 bits per heavy atom. The van der Waals surface area contributed by atoms with Crippen LogP contribution in [-0.2, 0) is 0 Å². The first-order chi connectivity index (χ1) is 8.84. The van der Waals surface area contributed by atoms with Crippen molar-refractivity contribution in [1.82, 2.24) is 10.3 Å². The maximum atomic E-state index is 11.6. The van der Waals surface area contributed by atoms with Crippen molar-refractivity contribution in [3.63, 3.8) is 0 Å². The molecule has 1 aromatic heterocycles. The van der Waals surface area contributed by atoms with Gasteiger partial charge in [-0.05, 0) is 24.5 Å². The van der Waals surface area contributed by atoms with E-state index >= 15 is 0 Å². The van der Waals surface area contributed by atoms with Crippen LogP contribution in [0.4, 0.5) is 5.69 Å². The Morgan fingerprint density at radius 1 is 1.47 bits per heavy atom. The number of pyridine rings is 1. The zero-order valence-electron chi connectivity index (χ0n) is 12.0. The molecular formula is C14H23N3O2. The highest BCUT2D eigenvalue weighted by atomic mass is 16.3. The van der Waals surface area contributed by atoms with E-state index in [1.54, 1.807) is 18.3 Å². The summed E-state index contributed by atoms with van der Waals surface area (Å²) in [6.45, 7) is 8.80. The summed E-state index contributed by atoms with van der Waals surface area (Å²) in [5.74, 6) is -0.192. The first-order valence-electron chi connectivity index (χ1n) is 6.50. The number of hydrogen-bond donors (Lipinski definition) is 3. The molecule has 1 rings (SSSR count). The minimum absolute atomic E-state index is 0.178. The monoisotopic (exact) mass is 265 g/mol. The summed E-state index contributed by atoms with van der Waals surface area (Å²) in [5, 5.41) is 15.8. The van der Waals surface area contributed by atoms with E-state index in [0.29, 0.717) is 18.8 Å². The second-order valence-corrected chi connectivity index (χ2v) is 5.55. The minimum atomic E-state index is -0.464. The van der Waals surface area contributed by atoms with Gasteiger partial charge in [0.15, 0.2) is 0 Å². The van der Waals surface area contributed by atoms with Crippen LogP contribution in [0.15, 0.2) is 18.3 Å². The molecular weight excluding hydrogens is 242 g/mol. The van der Waals surface area contributed by atoms with Crippen molar-refractivity contribution in [1.29, 1.82) is 0 Å². The van der Waals surface area contributed by atoms with Gasteiger partial charge in [0.25, 0.3) is 5.91 Å². The molecule has 0 saturated heterocycles. The Hall–Kier alpha value is -1.62. The van der Waals surface area contributed by atoms with E-state index in [0.717, 1.165) is 5.69 Å². The fourth-order valence-corrected chi connectivity index (χ4v) is 1.44. The van der Waals surface area contributed by atoms with Gasteiger partial charge in [-0.2, -0.15) is 0 Å². The van der Waals surface area contributed by atoms with Crippen LogP contribution in [0.1, 0.15) is 38.2 Å². The number of aromatic nitrogens is 1. The number of carbonyl (C=O) groups excluding carboxylic acids is 1. The summed E-state index contributed by atoms with van der Waals surface area (Å²) in [6.07, 6.45) is 1.12. The predicted octanol–water partition coefficient (Wildman–Crippen LogP) is 1.65. The number of nitrogens with one attached hydrogen (secondary N) is 2. The number of aliphatic hydroxyl groups is 1. The minimum Gasteiger partial charge on any atom is -0.391 e. The van der Waals surface area contributed by atoms with Crippen molar-refractivity contribution < 1.29 is 9.90 Å². The highest BCUT2D eigenvalue weighted by Gasteiger charge is 2.21. The fourth-order valence-electron chi connectivity index (χ4n) is 1.44. The molecule has 1 aromatic rings. The highest BCUT2D eigenvalue weighted by molar-refractivity contribution is 5.93. The van der Waals surface area contributed by atoms with E-state index in [2.05, 4.69) is 15.6 Å². The lowest BCUT2D eigenvalue weighted by atomic mass is 9.89. The summed E-state index contributed by atoms with van der Waals surface area (Å²) in [6, 6.07) is 3.46. The van der Waals surface area contributed by atoms with Crippen molar-refractivity contribution in [2.45, 2.75) is 33.8 Å². The number of carbonyl (C=O) groups is 1. The first-order valence-corrected chi connectivity index (χ1v) is 6.50. The molecule has 106 valence electrons. The van der Waals surface area contributed by atoms with Crippen molar-refractivity contribution in [2.75, 3.05) is 18.4 Å². The SMILES string of the molecule is CCNC(=O)c1cc(NCC(O)C(C)(C)C)ccn1. The van der Waals surface area contributed by atoms with Gasteiger partial charge in [0.2, 0.25) is 0 Å². The van der Waals surface area contributed by atoms with Gasteiger partial charge in [0.05, 0.1) is 6.10 Å².